The number of carbonyl (C=O) groups is 1. The van der Waals surface area contributed by atoms with Gasteiger partial charge in [0.15, 0.2) is 5.82 Å². The van der Waals surface area contributed by atoms with Gasteiger partial charge in [0.2, 0.25) is 5.88 Å². The Morgan fingerprint density at radius 2 is 1.97 bits per heavy atom. The third-order valence-corrected chi connectivity index (χ3v) is 5.95. The van der Waals surface area contributed by atoms with Gasteiger partial charge < -0.3 is 15.2 Å². The van der Waals surface area contributed by atoms with E-state index in [0.29, 0.717) is 29.1 Å². The van der Waals surface area contributed by atoms with E-state index in [0.717, 1.165) is 40.8 Å². The van der Waals surface area contributed by atoms with Gasteiger partial charge in [-0.05, 0) is 56.5 Å². The molecule has 0 saturated heterocycles. The van der Waals surface area contributed by atoms with Crippen LogP contribution in [0.5, 0.6) is 5.88 Å². The molecule has 0 atom stereocenters. The Morgan fingerprint density at radius 1 is 1.15 bits per heavy atom. The number of hydrogen-bond donors (Lipinski definition) is 2. The predicted molar refractivity (Wildman–Crippen MR) is 129 cm³/mol. The second-order valence-electron chi connectivity index (χ2n) is 8.51. The fourth-order valence-electron chi connectivity index (χ4n) is 4.05. The number of anilines is 2. The average Bonchev–Trinajstić information content (AvgIpc) is 3.62. The molecule has 8 heteroatoms. The van der Waals surface area contributed by atoms with E-state index < -0.39 is 5.97 Å². The summed E-state index contributed by atoms with van der Waals surface area (Å²) in [7, 11) is 1.58. The maximum absolute atomic E-state index is 12.0. The maximum Gasteiger partial charge on any atom is 0.337 e. The summed E-state index contributed by atoms with van der Waals surface area (Å²) in [5.74, 6) is 1.19. The smallest absolute Gasteiger partial charge is 0.337 e. The van der Waals surface area contributed by atoms with E-state index >= 15 is 0 Å². The van der Waals surface area contributed by atoms with Gasteiger partial charge in [-0.15, -0.1) is 0 Å². The van der Waals surface area contributed by atoms with Crippen LogP contribution in [0, 0.1) is 13.8 Å². The largest absolute Gasteiger partial charge is 0.481 e. The Kier molecular flexibility index (Phi) is 5.49. The Hall–Kier alpha value is -4.20. The van der Waals surface area contributed by atoms with Crippen molar-refractivity contribution in [2.45, 2.75) is 32.6 Å². The van der Waals surface area contributed by atoms with E-state index in [2.05, 4.69) is 15.3 Å². The first kappa shape index (κ1) is 21.6. The predicted octanol–water partition coefficient (Wildman–Crippen LogP) is 5.27. The molecule has 4 aromatic rings. The topological polar surface area (TPSA) is 102 Å². The van der Waals surface area contributed by atoms with Crippen LogP contribution in [0.1, 0.15) is 45.9 Å². The normalized spacial score (nSPS) is 13.0. The van der Waals surface area contributed by atoms with Gasteiger partial charge in [-0.1, -0.05) is 17.7 Å². The second kappa shape index (κ2) is 8.62. The number of methoxy groups -OCH3 is 1. The van der Waals surface area contributed by atoms with Crippen molar-refractivity contribution >= 4 is 17.5 Å². The number of nitrogens with one attached hydrogen (secondary N) is 1. The molecule has 1 aromatic carbocycles. The van der Waals surface area contributed by atoms with E-state index in [9.17, 15) is 9.90 Å². The molecule has 0 radical (unpaired) electrons. The molecule has 2 N–H and O–H groups in total. The Balaban J connectivity index is 1.75. The number of ether oxygens (including phenoxy) is 1. The zero-order chi connectivity index (χ0) is 23.8. The minimum absolute atomic E-state index is 0.192. The van der Waals surface area contributed by atoms with Crippen molar-refractivity contribution in [3.63, 3.8) is 0 Å². The summed E-state index contributed by atoms with van der Waals surface area (Å²) in [6.07, 6.45) is 5.60. The molecule has 34 heavy (non-hydrogen) atoms. The third kappa shape index (κ3) is 3.98. The maximum atomic E-state index is 12.0. The molecule has 1 aliphatic carbocycles. The zero-order valence-corrected chi connectivity index (χ0v) is 19.2. The van der Waals surface area contributed by atoms with Crippen molar-refractivity contribution in [1.29, 1.82) is 0 Å². The van der Waals surface area contributed by atoms with Crippen molar-refractivity contribution in [3.05, 3.63) is 77.2 Å². The van der Waals surface area contributed by atoms with E-state index in [1.54, 1.807) is 36.3 Å². The van der Waals surface area contributed by atoms with Gasteiger partial charge >= 0.3 is 5.97 Å². The standard InChI is InChI=1S/C26H25N5O3/c1-15-6-10-20(19(13-15)26(32)33)29-25-22(18-9-11-21(34-3)28-14-18)23(17-7-8-17)30-31(25)24-16(2)5-4-12-27-24/h4-6,9-14,17,29H,7-8H2,1-3H3,(H,32,33). The lowest BCUT2D eigenvalue weighted by Crippen LogP contribution is -2.09. The quantitative estimate of drug-likeness (QED) is 0.391. The molecule has 1 saturated carbocycles. The summed E-state index contributed by atoms with van der Waals surface area (Å²) in [6.45, 7) is 3.85. The van der Waals surface area contributed by atoms with Crippen molar-refractivity contribution in [3.8, 4) is 22.8 Å². The lowest BCUT2D eigenvalue weighted by molar-refractivity contribution is 0.0698. The highest BCUT2D eigenvalue weighted by molar-refractivity contribution is 5.96. The molecule has 0 unspecified atom stereocenters. The third-order valence-electron chi connectivity index (χ3n) is 5.95. The molecule has 0 amide bonds. The van der Waals surface area contributed by atoms with Gasteiger partial charge in [0, 0.05) is 35.5 Å². The molecule has 3 heterocycles. The minimum Gasteiger partial charge on any atom is -0.481 e. The molecule has 8 nitrogen and oxygen atoms in total. The molecule has 0 bridgehead atoms. The molecular formula is C26H25N5O3. The minimum atomic E-state index is -0.999. The number of carboxylic acids is 1. The van der Waals surface area contributed by atoms with Crippen LogP contribution in [0.4, 0.5) is 11.5 Å². The Morgan fingerprint density at radius 3 is 2.62 bits per heavy atom. The monoisotopic (exact) mass is 455 g/mol. The van der Waals surface area contributed by atoms with E-state index in [1.807, 2.05) is 44.2 Å². The van der Waals surface area contributed by atoms with Gasteiger partial charge in [0.05, 0.1) is 24.1 Å². The fraction of sp³-hybridized carbons (Fsp3) is 0.231. The van der Waals surface area contributed by atoms with Crippen molar-refractivity contribution < 1.29 is 14.6 Å². The highest BCUT2D eigenvalue weighted by Gasteiger charge is 2.34. The number of rotatable bonds is 7. The van der Waals surface area contributed by atoms with Crippen LogP contribution in [0.15, 0.2) is 54.9 Å². The van der Waals surface area contributed by atoms with Gasteiger partial charge in [0.25, 0.3) is 0 Å². The van der Waals surface area contributed by atoms with Crippen molar-refractivity contribution in [2.24, 2.45) is 0 Å². The van der Waals surface area contributed by atoms with Crippen LogP contribution >= 0.6 is 0 Å². The molecular weight excluding hydrogens is 430 g/mol. The number of nitrogens with zero attached hydrogens (tertiary/aromatic N) is 4. The highest BCUT2D eigenvalue weighted by Crippen LogP contribution is 2.47. The van der Waals surface area contributed by atoms with Crippen LogP contribution in [0.3, 0.4) is 0 Å². The highest BCUT2D eigenvalue weighted by atomic mass is 16.5. The summed E-state index contributed by atoms with van der Waals surface area (Å²) in [4.78, 5) is 21.0. The Bertz CT molecular complexity index is 1370. The van der Waals surface area contributed by atoms with Crippen LogP contribution in [-0.2, 0) is 0 Å². The van der Waals surface area contributed by atoms with Crippen LogP contribution in [0.2, 0.25) is 0 Å². The number of aromatic carboxylic acids is 1. The van der Waals surface area contributed by atoms with E-state index in [1.165, 1.54) is 0 Å². The number of aromatic nitrogens is 4. The molecule has 1 aliphatic rings. The second-order valence-corrected chi connectivity index (χ2v) is 8.51. The fourth-order valence-corrected chi connectivity index (χ4v) is 4.05. The lowest BCUT2D eigenvalue weighted by Gasteiger charge is -2.15. The zero-order valence-electron chi connectivity index (χ0n) is 19.2. The Labute approximate surface area is 197 Å². The van der Waals surface area contributed by atoms with E-state index in [-0.39, 0.29) is 5.56 Å². The number of benzene rings is 1. The molecule has 1 fully saturated rings. The first-order chi connectivity index (χ1) is 16.5. The number of pyridine rings is 2. The molecule has 0 spiro atoms. The summed E-state index contributed by atoms with van der Waals surface area (Å²) < 4.78 is 7.03. The number of carboxylic acid groups (broad SMARTS) is 1. The lowest BCUT2D eigenvalue weighted by atomic mass is 10.0. The van der Waals surface area contributed by atoms with E-state index in [4.69, 9.17) is 9.84 Å². The summed E-state index contributed by atoms with van der Waals surface area (Å²) in [6, 6.07) is 13.0. The van der Waals surface area contributed by atoms with Crippen molar-refractivity contribution in [1.82, 2.24) is 19.7 Å². The number of aryl methyl sites for hydroxylation is 2. The van der Waals surface area contributed by atoms with Gasteiger partial charge in [-0.2, -0.15) is 9.78 Å². The van der Waals surface area contributed by atoms with Crippen LogP contribution in [0.25, 0.3) is 16.9 Å². The molecule has 172 valence electrons. The van der Waals surface area contributed by atoms with Crippen LogP contribution < -0.4 is 10.1 Å². The van der Waals surface area contributed by atoms with Gasteiger partial charge in [0.1, 0.15) is 5.82 Å². The summed E-state index contributed by atoms with van der Waals surface area (Å²) >= 11 is 0. The molecule has 5 rings (SSSR count). The molecule has 3 aromatic heterocycles. The SMILES string of the molecule is COc1ccc(-c2c(C3CC3)nn(-c3ncccc3C)c2Nc2ccc(C)cc2C(=O)O)cn1. The first-order valence-corrected chi connectivity index (χ1v) is 11.1. The molecule has 0 aliphatic heterocycles. The summed E-state index contributed by atoms with van der Waals surface area (Å²) in [5.41, 5.74) is 5.21. The number of hydrogen-bond acceptors (Lipinski definition) is 6. The van der Waals surface area contributed by atoms with Crippen molar-refractivity contribution in [2.75, 3.05) is 12.4 Å². The average molecular weight is 456 g/mol. The van der Waals surface area contributed by atoms with Gasteiger partial charge in [-0.3, -0.25) is 0 Å². The first-order valence-electron chi connectivity index (χ1n) is 11.1. The van der Waals surface area contributed by atoms with Gasteiger partial charge in [-0.25, -0.2) is 14.8 Å². The van der Waals surface area contributed by atoms with Crippen LogP contribution in [-0.4, -0.2) is 37.9 Å². The summed E-state index contributed by atoms with van der Waals surface area (Å²) in [5, 5.41) is 18.2.